The van der Waals surface area contributed by atoms with Gasteiger partial charge in [0.2, 0.25) is 0 Å². The van der Waals surface area contributed by atoms with E-state index >= 15 is 0 Å². The fourth-order valence-corrected chi connectivity index (χ4v) is 2.77. The van der Waals surface area contributed by atoms with Crippen LogP contribution in [0.3, 0.4) is 0 Å². The first-order valence-corrected chi connectivity index (χ1v) is 6.11. The Labute approximate surface area is 100 Å². The van der Waals surface area contributed by atoms with E-state index in [4.69, 9.17) is 12.2 Å². The predicted octanol–water partition coefficient (Wildman–Crippen LogP) is 3.98. The monoisotopic (exact) mass is 232 g/mol. The molecule has 1 unspecified atom stereocenters. The summed E-state index contributed by atoms with van der Waals surface area (Å²) >= 11 is 5.42. The second-order valence-electron chi connectivity index (χ2n) is 5.53. The molecule has 1 atom stereocenters. The van der Waals surface area contributed by atoms with Gasteiger partial charge in [0.25, 0.3) is 0 Å². The molecule has 0 aliphatic heterocycles. The minimum Gasteiger partial charge on any atom is -0.331 e. The van der Waals surface area contributed by atoms with Crippen LogP contribution in [0, 0.1) is 17.1 Å². The highest BCUT2D eigenvalue weighted by molar-refractivity contribution is 7.71. The topological polar surface area (TPSA) is 20.7 Å². The van der Waals surface area contributed by atoms with E-state index < -0.39 is 0 Å². The van der Waals surface area contributed by atoms with Gasteiger partial charge in [-0.25, -0.2) is 0 Å². The highest BCUT2D eigenvalue weighted by Crippen LogP contribution is 2.56. The van der Waals surface area contributed by atoms with E-state index in [9.17, 15) is 0 Å². The molecule has 0 amide bonds. The van der Waals surface area contributed by atoms with Crippen molar-refractivity contribution in [3.63, 3.8) is 0 Å². The molecule has 1 aliphatic rings. The van der Waals surface area contributed by atoms with Crippen molar-refractivity contribution in [1.29, 1.82) is 0 Å². The highest BCUT2D eigenvalue weighted by Gasteiger charge is 2.47. The van der Waals surface area contributed by atoms with Gasteiger partial charge in [0.1, 0.15) is 0 Å². The van der Waals surface area contributed by atoms with Crippen LogP contribution < -0.4 is 0 Å². The summed E-state index contributed by atoms with van der Waals surface area (Å²) in [5.41, 5.74) is 4.07. The van der Waals surface area contributed by atoms with Crippen LogP contribution >= 0.6 is 12.2 Å². The first-order valence-electron chi connectivity index (χ1n) is 5.70. The van der Waals surface area contributed by atoms with Crippen molar-refractivity contribution in [3.8, 4) is 0 Å². The number of fused-ring (bicyclic) bond motifs is 1. The lowest BCUT2D eigenvalue weighted by Crippen LogP contribution is -2.00. The number of benzene rings is 1. The molecule has 1 heterocycles. The van der Waals surface area contributed by atoms with Crippen LogP contribution in [0.25, 0.3) is 11.0 Å². The third-order valence-corrected chi connectivity index (χ3v) is 3.94. The minimum atomic E-state index is 0.401. The number of nitrogens with one attached hydrogen (secondary N) is 1. The van der Waals surface area contributed by atoms with Gasteiger partial charge in [0.15, 0.2) is 4.77 Å². The zero-order valence-electron chi connectivity index (χ0n) is 9.87. The molecule has 3 heteroatoms. The van der Waals surface area contributed by atoms with E-state index in [0.29, 0.717) is 11.5 Å². The van der Waals surface area contributed by atoms with Gasteiger partial charge in [-0.05, 0) is 48.7 Å². The highest BCUT2D eigenvalue weighted by atomic mass is 32.1. The van der Waals surface area contributed by atoms with Crippen LogP contribution in [0.2, 0.25) is 0 Å². The Hall–Kier alpha value is -1.09. The molecular formula is C13H16N2S. The molecule has 1 fully saturated rings. The number of hydrogen-bond donors (Lipinski definition) is 1. The molecule has 0 bridgehead atoms. The Bertz CT molecular complexity index is 618. The van der Waals surface area contributed by atoms with Gasteiger partial charge in [-0.1, -0.05) is 19.9 Å². The van der Waals surface area contributed by atoms with Crippen molar-refractivity contribution < 1.29 is 0 Å². The summed E-state index contributed by atoms with van der Waals surface area (Å²) in [6, 6.07) is 7.05. The Kier molecular flexibility index (Phi) is 1.88. The van der Waals surface area contributed by atoms with Gasteiger partial charge >= 0.3 is 0 Å². The molecule has 16 heavy (non-hydrogen) atoms. The third kappa shape index (κ3) is 1.34. The molecule has 0 saturated heterocycles. The Morgan fingerprint density at radius 1 is 1.44 bits per heavy atom. The van der Waals surface area contributed by atoms with E-state index in [0.717, 1.165) is 10.3 Å². The average molecular weight is 232 g/mol. The summed E-state index contributed by atoms with van der Waals surface area (Å²) in [5, 5.41) is 0. The van der Waals surface area contributed by atoms with Crippen molar-refractivity contribution in [2.24, 2.45) is 5.41 Å². The van der Waals surface area contributed by atoms with Gasteiger partial charge in [-0.2, -0.15) is 0 Å². The van der Waals surface area contributed by atoms with E-state index in [1.807, 2.05) is 0 Å². The van der Waals surface area contributed by atoms with E-state index in [2.05, 4.69) is 48.5 Å². The number of aromatic amines is 1. The van der Waals surface area contributed by atoms with Gasteiger partial charge in [-0.3, -0.25) is 0 Å². The molecule has 1 aromatic carbocycles. The molecule has 1 N–H and O–H groups in total. The molecule has 1 saturated carbocycles. The van der Waals surface area contributed by atoms with Crippen LogP contribution in [0.1, 0.15) is 31.9 Å². The number of H-pyrrole nitrogens is 1. The first kappa shape index (κ1) is 10.1. The van der Waals surface area contributed by atoms with Crippen molar-refractivity contribution in [3.05, 3.63) is 28.5 Å². The standard InChI is InChI=1S/C13H16N2S/c1-8-4-5-10-9(6-8)14-12(16)15(10)11-7-13(11,2)3/h4-6,11H,7H2,1-3H3,(H,14,16). The summed E-state index contributed by atoms with van der Waals surface area (Å²) in [6.45, 7) is 6.70. The maximum absolute atomic E-state index is 5.42. The van der Waals surface area contributed by atoms with Crippen molar-refractivity contribution >= 4 is 23.3 Å². The van der Waals surface area contributed by atoms with Crippen LogP contribution in [-0.4, -0.2) is 9.55 Å². The number of aryl methyl sites for hydroxylation is 1. The van der Waals surface area contributed by atoms with Gasteiger partial charge in [0, 0.05) is 6.04 Å². The molecule has 2 aromatic rings. The molecule has 0 spiro atoms. The SMILES string of the molecule is Cc1ccc2c(c1)[nH]c(=S)n2C1CC1(C)C. The fraction of sp³-hybridized carbons (Fsp3) is 0.462. The Morgan fingerprint density at radius 2 is 2.12 bits per heavy atom. The van der Waals surface area contributed by atoms with Crippen molar-refractivity contribution in [2.75, 3.05) is 0 Å². The lowest BCUT2D eigenvalue weighted by Gasteiger charge is -2.06. The summed E-state index contributed by atoms with van der Waals surface area (Å²) in [4.78, 5) is 3.30. The van der Waals surface area contributed by atoms with Gasteiger partial charge < -0.3 is 9.55 Å². The molecule has 84 valence electrons. The number of rotatable bonds is 1. The minimum absolute atomic E-state index is 0.401. The van der Waals surface area contributed by atoms with E-state index in [-0.39, 0.29) is 0 Å². The lowest BCUT2D eigenvalue weighted by molar-refractivity contribution is 0.546. The van der Waals surface area contributed by atoms with Gasteiger partial charge in [-0.15, -0.1) is 0 Å². The summed E-state index contributed by atoms with van der Waals surface area (Å²) in [5.74, 6) is 0. The second kappa shape index (κ2) is 2.98. The fourth-order valence-electron chi connectivity index (χ4n) is 2.43. The average Bonchev–Trinajstić information content (AvgIpc) is 2.67. The third-order valence-electron chi connectivity index (χ3n) is 3.65. The number of imidazole rings is 1. The number of hydrogen-bond acceptors (Lipinski definition) is 1. The molecule has 1 aliphatic carbocycles. The van der Waals surface area contributed by atoms with Crippen LogP contribution in [0.5, 0.6) is 0 Å². The molecular weight excluding hydrogens is 216 g/mol. The summed E-state index contributed by atoms with van der Waals surface area (Å²) in [7, 11) is 0. The molecule has 1 aromatic heterocycles. The molecule has 0 radical (unpaired) electrons. The van der Waals surface area contributed by atoms with Crippen LogP contribution in [0.4, 0.5) is 0 Å². The number of nitrogens with zero attached hydrogens (tertiary/aromatic N) is 1. The Balaban J connectivity index is 2.25. The quantitative estimate of drug-likeness (QED) is 0.738. The summed E-state index contributed by atoms with van der Waals surface area (Å²) in [6.07, 6.45) is 1.22. The maximum Gasteiger partial charge on any atom is 0.178 e. The van der Waals surface area contributed by atoms with Crippen molar-refractivity contribution in [2.45, 2.75) is 33.2 Å². The van der Waals surface area contributed by atoms with Crippen LogP contribution in [-0.2, 0) is 0 Å². The zero-order chi connectivity index (χ0) is 11.5. The van der Waals surface area contributed by atoms with Crippen LogP contribution in [0.15, 0.2) is 18.2 Å². The zero-order valence-corrected chi connectivity index (χ0v) is 10.7. The van der Waals surface area contributed by atoms with Gasteiger partial charge in [0.05, 0.1) is 11.0 Å². The predicted molar refractivity (Wildman–Crippen MR) is 69.3 cm³/mol. The first-order chi connectivity index (χ1) is 7.49. The molecule has 2 nitrogen and oxygen atoms in total. The van der Waals surface area contributed by atoms with E-state index in [1.165, 1.54) is 17.5 Å². The largest absolute Gasteiger partial charge is 0.331 e. The second-order valence-corrected chi connectivity index (χ2v) is 5.92. The Morgan fingerprint density at radius 3 is 2.75 bits per heavy atom. The summed E-state index contributed by atoms with van der Waals surface area (Å²) < 4.78 is 3.14. The molecule has 3 rings (SSSR count). The van der Waals surface area contributed by atoms with E-state index in [1.54, 1.807) is 0 Å². The lowest BCUT2D eigenvalue weighted by atomic mass is 10.2. The smallest absolute Gasteiger partial charge is 0.178 e. The maximum atomic E-state index is 5.42. The number of aromatic nitrogens is 2. The normalized spacial score (nSPS) is 22.6. The van der Waals surface area contributed by atoms with Crippen molar-refractivity contribution in [1.82, 2.24) is 9.55 Å².